The van der Waals surface area contributed by atoms with Crippen LogP contribution in [0.5, 0.6) is 0 Å². The van der Waals surface area contributed by atoms with E-state index in [4.69, 9.17) is 4.98 Å². The number of anilines is 2. The van der Waals surface area contributed by atoms with Gasteiger partial charge in [-0.15, -0.1) is 11.3 Å². The molecule has 0 saturated heterocycles. The molecule has 1 unspecified atom stereocenters. The van der Waals surface area contributed by atoms with E-state index in [0.29, 0.717) is 12.0 Å². The van der Waals surface area contributed by atoms with Crippen LogP contribution in [0.1, 0.15) is 24.9 Å². The fraction of sp³-hybridized carbons (Fsp3) is 0.286. The lowest BCUT2D eigenvalue weighted by atomic mass is 10.1. The van der Waals surface area contributed by atoms with Crippen molar-refractivity contribution < 1.29 is 0 Å². The molecule has 1 aliphatic heterocycles. The first-order chi connectivity index (χ1) is 12.6. The maximum atomic E-state index is 4.92. The molecule has 134 valence electrons. The molecule has 0 fully saturated rings. The molecule has 2 aromatic carbocycles. The molecule has 3 nitrogen and oxygen atoms in total. The van der Waals surface area contributed by atoms with E-state index < -0.39 is 0 Å². The number of nitrogens with zero attached hydrogens (tertiary/aromatic N) is 2. The number of thiazole rings is 1. The second kappa shape index (κ2) is 7.06. The van der Waals surface area contributed by atoms with E-state index in [1.165, 1.54) is 26.7 Å². The number of para-hydroxylation sites is 1. The normalized spacial score (nSPS) is 14.3. The minimum Gasteiger partial charge on any atom is -0.343 e. The van der Waals surface area contributed by atoms with Gasteiger partial charge >= 0.3 is 0 Å². The summed E-state index contributed by atoms with van der Waals surface area (Å²) in [6.07, 6.45) is 0. The first-order valence-corrected chi connectivity index (χ1v) is 10.6. The van der Waals surface area contributed by atoms with Gasteiger partial charge in [0.2, 0.25) is 0 Å². The first kappa shape index (κ1) is 17.6. The predicted octanol–water partition coefficient (Wildman–Crippen LogP) is 5.96. The van der Waals surface area contributed by atoms with Crippen LogP contribution in [0.3, 0.4) is 0 Å². The molecule has 1 atom stereocenters. The van der Waals surface area contributed by atoms with Crippen molar-refractivity contribution in [2.45, 2.75) is 29.7 Å². The van der Waals surface area contributed by atoms with Crippen LogP contribution in [0.15, 0.2) is 57.6 Å². The van der Waals surface area contributed by atoms with Gasteiger partial charge in [-0.05, 0) is 37.2 Å². The zero-order valence-electron chi connectivity index (χ0n) is 15.5. The highest BCUT2D eigenvalue weighted by molar-refractivity contribution is 7.99. The number of nitrogens with one attached hydrogen (secondary N) is 1. The Kier molecular flexibility index (Phi) is 4.78. The molecule has 0 radical (unpaired) electrons. The van der Waals surface area contributed by atoms with Crippen LogP contribution in [0.2, 0.25) is 0 Å². The Labute approximate surface area is 163 Å². The topological polar surface area (TPSA) is 28.2 Å². The summed E-state index contributed by atoms with van der Waals surface area (Å²) >= 11 is 3.58. The van der Waals surface area contributed by atoms with Crippen molar-refractivity contribution in [3.63, 3.8) is 0 Å². The number of benzene rings is 2. The predicted molar refractivity (Wildman–Crippen MR) is 113 cm³/mol. The van der Waals surface area contributed by atoms with Crippen molar-refractivity contribution in [2.75, 3.05) is 19.0 Å². The first-order valence-electron chi connectivity index (χ1n) is 8.86. The molecule has 5 heteroatoms. The summed E-state index contributed by atoms with van der Waals surface area (Å²) in [6, 6.07) is 15.5. The number of hydrogen-bond acceptors (Lipinski definition) is 5. The van der Waals surface area contributed by atoms with Crippen molar-refractivity contribution in [1.29, 1.82) is 0 Å². The Bertz CT molecular complexity index is 933. The summed E-state index contributed by atoms with van der Waals surface area (Å²) in [7, 11) is 4.15. The minimum absolute atomic E-state index is 0.302. The third kappa shape index (κ3) is 3.04. The molecule has 0 bridgehead atoms. The molecule has 3 aromatic rings. The molecule has 0 aliphatic carbocycles. The Morgan fingerprint density at radius 2 is 1.81 bits per heavy atom. The fourth-order valence-electron chi connectivity index (χ4n) is 3.40. The molecule has 0 spiro atoms. The average Bonchev–Trinajstić information content (AvgIpc) is 3.12. The third-order valence-electron chi connectivity index (χ3n) is 4.83. The fourth-order valence-corrected chi connectivity index (χ4v) is 5.64. The molecule has 26 heavy (non-hydrogen) atoms. The molecular formula is C21H23N3S2. The van der Waals surface area contributed by atoms with E-state index in [-0.39, 0.29) is 0 Å². The van der Waals surface area contributed by atoms with Gasteiger partial charge in [0, 0.05) is 27.8 Å². The zero-order valence-corrected chi connectivity index (χ0v) is 17.1. The van der Waals surface area contributed by atoms with E-state index in [0.717, 1.165) is 10.7 Å². The maximum absolute atomic E-state index is 4.92. The van der Waals surface area contributed by atoms with Crippen LogP contribution in [-0.2, 0) is 0 Å². The quantitative estimate of drug-likeness (QED) is 0.603. The standard InChI is InChI=1S/C21H23N3S2/c1-13(2)20(22-3)21-23-15(12-25-21)14-9-10-19-17(11-14)24(4)16-7-5-6-8-18(16)26-19/h5-13,20,22H,1-4H3. The highest BCUT2D eigenvalue weighted by Gasteiger charge is 2.22. The average molecular weight is 382 g/mol. The summed E-state index contributed by atoms with van der Waals surface area (Å²) in [6.45, 7) is 4.45. The molecular weight excluding hydrogens is 358 g/mol. The van der Waals surface area contributed by atoms with Crippen molar-refractivity contribution in [2.24, 2.45) is 5.92 Å². The second-order valence-electron chi connectivity index (χ2n) is 6.89. The van der Waals surface area contributed by atoms with E-state index >= 15 is 0 Å². The van der Waals surface area contributed by atoms with Crippen LogP contribution >= 0.6 is 23.1 Å². The number of aromatic nitrogens is 1. The lowest BCUT2D eigenvalue weighted by Crippen LogP contribution is -2.21. The molecule has 2 heterocycles. The molecule has 1 N–H and O–H groups in total. The summed E-state index contributed by atoms with van der Waals surface area (Å²) in [5.41, 5.74) is 4.74. The minimum atomic E-state index is 0.302. The molecule has 1 aromatic heterocycles. The molecule has 0 saturated carbocycles. The highest BCUT2D eigenvalue weighted by Crippen LogP contribution is 2.48. The summed E-state index contributed by atoms with van der Waals surface area (Å²) in [5.74, 6) is 0.515. The Morgan fingerprint density at radius 3 is 2.58 bits per heavy atom. The number of hydrogen-bond donors (Lipinski definition) is 1. The van der Waals surface area contributed by atoms with Gasteiger partial charge < -0.3 is 10.2 Å². The van der Waals surface area contributed by atoms with Crippen molar-refractivity contribution in [3.8, 4) is 11.3 Å². The lowest BCUT2D eigenvalue weighted by Gasteiger charge is -2.29. The van der Waals surface area contributed by atoms with E-state index in [1.54, 1.807) is 11.3 Å². The SMILES string of the molecule is CNC(c1nc(-c2ccc3c(c2)N(C)c2ccccc2S3)cs1)C(C)C. The van der Waals surface area contributed by atoms with Crippen LogP contribution in [0.4, 0.5) is 11.4 Å². The lowest BCUT2D eigenvalue weighted by molar-refractivity contribution is 0.441. The third-order valence-corrected chi connectivity index (χ3v) is 6.89. The van der Waals surface area contributed by atoms with Gasteiger partial charge in [-0.1, -0.05) is 43.8 Å². The number of rotatable bonds is 4. The van der Waals surface area contributed by atoms with Gasteiger partial charge in [0.1, 0.15) is 5.01 Å². The van der Waals surface area contributed by atoms with E-state index in [9.17, 15) is 0 Å². The summed E-state index contributed by atoms with van der Waals surface area (Å²) in [5, 5.41) is 6.72. The second-order valence-corrected chi connectivity index (χ2v) is 8.87. The molecule has 0 amide bonds. The van der Waals surface area contributed by atoms with Crippen LogP contribution < -0.4 is 10.2 Å². The van der Waals surface area contributed by atoms with Crippen LogP contribution in [-0.4, -0.2) is 19.1 Å². The maximum Gasteiger partial charge on any atom is 0.111 e. The smallest absolute Gasteiger partial charge is 0.111 e. The van der Waals surface area contributed by atoms with Crippen molar-refractivity contribution in [1.82, 2.24) is 10.3 Å². The van der Waals surface area contributed by atoms with Gasteiger partial charge in [-0.3, -0.25) is 0 Å². The summed E-state index contributed by atoms with van der Waals surface area (Å²) < 4.78 is 0. The number of fused-ring (bicyclic) bond motifs is 2. The Hall–Kier alpha value is -1.82. The van der Waals surface area contributed by atoms with Crippen LogP contribution in [0.25, 0.3) is 11.3 Å². The van der Waals surface area contributed by atoms with Gasteiger partial charge in [0.25, 0.3) is 0 Å². The largest absolute Gasteiger partial charge is 0.343 e. The monoisotopic (exact) mass is 381 g/mol. The van der Waals surface area contributed by atoms with Gasteiger partial charge in [0.05, 0.1) is 23.1 Å². The molecule has 4 rings (SSSR count). The van der Waals surface area contributed by atoms with Gasteiger partial charge in [-0.25, -0.2) is 4.98 Å². The summed E-state index contributed by atoms with van der Waals surface area (Å²) in [4.78, 5) is 9.80. The van der Waals surface area contributed by atoms with Crippen LogP contribution in [0, 0.1) is 5.92 Å². The Balaban J connectivity index is 1.69. The van der Waals surface area contributed by atoms with Gasteiger partial charge in [-0.2, -0.15) is 0 Å². The van der Waals surface area contributed by atoms with E-state index in [1.807, 2.05) is 18.8 Å². The highest BCUT2D eigenvalue weighted by atomic mass is 32.2. The molecule has 1 aliphatic rings. The van der Waals surface area contributed by atoms with E-state index in [2.05, 4.69) is 79.0 Å². The van der Waals surface area contributed by atoms with Gasteiger partial charge in [0.15, 0.2) is 0 Å². The van der Waals surface area contributed by atoms with Crippen molar-refractivity contribution >= 4 is 34.5 Å². The Morgan fingerprint density at radius 1 is 1.04 bits per heavy atom. The zero-order chi connectivity index (χ0) is 18.3. The van der Waals surface area contributed by atoms with Crippen molar-refractivity contribution in [3.05, 3.63) is 52.9 Å².